The fraction of sp³-hybridized carbons (Fsp3) is 0.812. The van der Waals surface area contributed by atoms with Crippen LogP contribution in [0.4, 0.5) is 11.4 Å². The lowest BCUT2D eigenvalue weighted by atomic mass is 9.92. The third-order valence-electron chi connectivity index (χ3n) is 8.53. The van der Waals surface area contributed by atoms with Gasteiger partial charge in [0.05, 0.1) is 0 Å². The number of benzene rings is 1. The third kappa shape index (κ3) is 9.12. The molecule has 0 heterocycles. The van der Waals surface area contributed by atoms with Gasteiger partial charge in [0.1, 0.15) is 0 Å². The van der Waals surface area contributed by atoms with Crippen molar-refractivity contribution < 1.29 is 0 Å². The molecule has 0 atom stereocenters. The molecule has 2 nitrogen and oxygen atoms in total. The van der Waals surface area contributed by atoms with E-state index in [1.165, 1.54) is 153 Å². The Hall–Kier alpha value is -1.18. The second-order valence-corrected chi connectivity index (χ2v) is 11.3. The molecule has 0 amide bonds. The highest BCUT2D eigenvalue weighted by atomic mass is 15.2. The Morgan fingerprint density at radius 2 is 0.971 bits per heavy atom. The Morgan fingerprint density at radius 3 is 1.38 bits per heavy atom. The van der Waals surface area contributed by atoms with Crippen molar-refractivity contribution in [2.75, 3.05) is 22.9 Å². The standard InChI is InChI=1S/C32H56N2/c1-3-5-7-9-17-26-33(29-20-13-11-14-21-29)31-24-19-25-32(28-31)34(27-18-10-8-6-4-2)30-22-15-12-16-23-30/h19,24-25,28-30H,3-18,20-23,26-27H2,1-2H3. The summed E-state index contributed by atoms with van der Waals surface area (Å²) in [7, 11) is 0. The molecule has 2 heteroatoms. The van der Waals surface area contributed by atoms with E-state index in [-0.39, 0.29) is 0 Å². The predicted octanol–water partition coefficient (Wildman–Crippen LogP) is 9.91. The summed E-state index contributed by atoms with van der Waals surface area (Å²) in [6.45, 7) is 7.14. The third-order valence-corrected chi connectivity index (χ3v) is 8.53. The average molecular weight is 469 g/mol. The van der Waals surface area contributed by atoms with Gasteiger partial charge in [0.15, 0.2) is 0 Å². The molecular weight excluding hydrogens is 412 g/mol. The van der Waals surface area contributed by atoms with E-state index in [9.17, 15) is 0 Å². The Morgan fingerprint density at radius 1 is 0.559 bits per heavy atom. The summed E-state index contributed by atoms with van der Waals surface area (Å²) in [6.07, 6.45) is 27.9. The van der Waals surface area contributed by atoms with E-state index >= 15 is 0 Å². The zero-order valence-electron chi connectivity index (χ0n) is 22.9. The number of nitrogens with zero attached hydrogens (tertiary/aromatic N) is 2. The second-order valence-electron chi connectivity index (χ2n) is 11.3. The van der Waals surface area contributed by atoms with Gasteiger partial charge < -0.3 is 9.80 Å². The first kappa shape index (κ1) is 27.4. The molecule has 0 saturated heterocycles. The molecule has 194 valence electrons. The Balaban J connectivity index is 1.72. The van der Waals surface area contributed by atoms with E-state index in [0.717, 1.165) is 12.1 Å². The minimum absolute atomic E-state index is 0.757. The van der Waals surface area contributed by atoms with Gasteiger partial charge in [-0.15, -0.1) is 0 Å². The lowest BCUT2D eigenvalue weighted by Crippen LogP contribution is -2.39. The van der Waals surface area contributed by atoms with Crippen LogP contribution in [0, 0.1) is 0 Å². The van der Waals surface area contributed by atoms with E-state index in [0.29, 0.717) is 0 Å². The van der Waals surface area contributed by atoms with Crippen molar-refractivity contribution in [2.45, 2.75) is 154 Å². The van der Waals surface area contributed by atoms with Crippen LogP contribution in [0.1, 0.15) is 142 Å². The van der Waals surface area contributed by atoms with Crippen molar-refractivity contribution in [3.8, 4) is 0 Å². The van der Waals surface area contributed by atoms with Crippen molar-refractivity contribution in [1.29, 1.82) is 0 Å². The maximum atomic E-state index is 2.83. The van der Waals surface area contributed by atoms with E-state index in [2.05, 4.69) is 47.9 Å². The van der Waals surface area contributed by atoms with Gasteiger partial charge in [-0.1, -0.05) is 110 Å². The van der Waals surface area contributed by atoms with E-state index in [4.69, 9.17) is 0 Å². The van der Waals surface area contributed by atoms with Gasteiger partial charge in [0, 0.05) is 36.5 Å². The predicted molar refractivity (Wildman–Crippen MR) is 152 cm³/mol. The molecule has 1 aromatic rings. The van der Waals surface area contributed by atoms with Crippen LogP contribution in [0.5, 0.6) is 0 Å². The van der Waals surface area contributed by atoms with Gasteiger partial charge in [-0.2, -0.15) is 0 Å². The molecular formula is C32H56N2. The van der Waals surface area contributed by atoms with Crippen molar-refractivity contribution in [2.24, 2.45) is 0 Å². The summed E-state index contributed by atoms with van der Waals surface area (Å²) in [5, 5.41) is 0. The molecule has 0 bridgehead atoms. The van der Waals surface area contributed by atoms with Crippen molar-refractivity contribution in [1.82, 2.24) is 0 Å². The first-order valence-corrected chi connectivity index (χ1v) is 15.5. The fourth-order valence-corrected chi connectivity index (χ4v) is 6.45. The number of unbranched alkanes of at least 4 members (excludes halogenated alkanes) is 8. The summed E-state index contributed by atoms with van der Waals surface area (Å²) < 4.78 is 0. The Labute approximate surface area is 212 Å². The molecule has 3 rings (SSSR count). The van der Waals surface area contributed by atoms with Crippen LogP contribution >= 0.6 is 0 Å². The smallest absolute Gasteiger partial charge is 0.0389 e. The van der Waals surface area contributed by atoms with E-state index < -0.39 is 0 Å². The fourth-order valence-electron chi connectivity index (χ4n) is 6.45. The highest BCUT2D eigenvalue weighted by molar-refractivity contribution is 5.60. The van der Waals surface area contributed by atoms with E-state index in [1.54, 1.807) is 0 Å². The van der Waals surface area contributed by atoms with Gasteiger partial charge in [0.25, 0.3) is 0 Å². The van der Waals surface area contributed by atoms with Crippen molar-refractivity contribution >= 4 is 11.4 Å². The van der Waals surface area contributed by atoms with Crippen LogP contribution in [-0.2, 0) is 0 Å². The highest BCUT2D eigenvalue weighted by Gasteiger charge is 2.24. The Kier molecular flexibility index (Phi) is 13.3. The zero-order chi connectivity index (χ0) is 23.8. The highest BCUT2D eigenvalue weighted by Crippen LogP contribution is 2.33. The quantitative estimate of drug-likeness (QED) is 0.223. The molecule has 1 aromatic carbocycles. The van der Waals surface area contributed by atoms with Gasteiger partial charge >= 0.3 is 0 Å². The average Bonchev–Trinajstić information content (AvgIpc) is 2.89. The van der Waals surface area contributed by atoms with Crippen LogP contribution in [0.15, 0.2) is 24.3 Å². The molecule has 34 heavy (non-hydrogen) atoms. The van der Waals surface area contributed by atoms with Crippen molar-refractivity contribution in [3.05, 3.63) is 24.3 Å². The summed E-state index contributed by atoms with van der Waals surface area (Å²) >= 11 is 0. The first-order valence-electron chi connectivity index (χ1n) is 15.5. The van der Waals surface area contributed by atoms with E-state index in [1.807, 2.05) is 0 Å². The van der Waals surface area contributed by atoms with Gasteiger partial charge in [-0.3, -0.25) is 0 Å². The van der Waals surface area contributed by atoms with Crippen molar-refractivity contribution in [3.63, 3.8) is 0 Å². The lowest BCUT2D eigenvalue weighted by molar-refractivity contribution is 0.408. The number of rotatable bonds is 16. The molecule has 0 spiro atoms. The van der Waals surface area contributed by atoms with Gasteiger partial charge in [-0.05, 0) is 56.7 Å². The molecule has 2 aliphatic rings. The van der Waals surface area contributed by atoms with Crippen LogP contribution in [0.2, 0.25) is 0 Å². The summed E-state index contributed by atoms with van der Waals surface area (Å²) in [6, 6.07) is 11.3. The normalized spacial score (nSPS) is 17.7. The molecule has 0 unspecified atom stereocenters. The molecule has 0 radical (unpaired) electrons. The lowest BCUT2D eigenvalue weighted by Gasteiger charge is -2.39. The number of hydrogen-bond acceptors (Lipinski definition) is 2. The second kappa shape index (κ2) is 16.5. The summed E-state index contributed by atoms with van der Waals surface area (Å²) in [5.74, 6) is 0. The van der Waals surface area contributed by atoms with Crippen LogP contribution in [0.25, 0.3) is 0 Å². The minimum Gasteiger partial charge on any atom is -0.368 e. The number of hydrogen-bond donors (Lipinski definition) is 0. The monoisotopic (exact) mass is 468 g/mol. The van der Waals surface area contributed by atoms with Crippen LogP contribution in [-0.4, -0.2) is 25.2 Å². The minimum atomic E-state index is 0.757. The van der Waals surface area contributed by atoms with Gasteiger partial charge in [-0.25, -0.2) is 0 Å². The summed E-state index contributed by atoms with van der Waals surface area (Å²) in [4.78, 5) is 5.66. The van der Waals surface area contributed by atoms with Gasteiger partial charge in [0.2, 0.25) is 0 Å². The van der Waals surface area contributed by atoms with Crippen LogP contribution < -0.4 is 9.80 Å². The first-order chi connectivity index (χ1) is 16.8. The maximum absolute atomic E-state index is 2.83. The topological polar surface area (TPSA) is 6.48 Å². The van der Waals surface area contributed by atoms with Crippen LogP contribution in [0.3, 0.4) is 0 Å². The largest absolute Gasteiger partial charge is 0.368 e. The molecule has 0 N–H and O–H groups in total. The Bertz CT molecular complexity index is 578. The molecule has 2 aliphatic carbocycles. The molecule has 2 fully saturated rings. The maximum Gasteiger partial charge on any atom is 0.0389 e. The molecule has 0 aromatic heterocycles. The SMILES string of the molecule is CCCCCCCN(c1cccc(N(CCCCCCC)C2CCCCC2)c1)C1CCCCC1. The number of anilines is 2. The zero-order valence-corrected chi connectivity index (χ0v) is 22.9. The molecule has 2 saturated carbocycles. The molecule has 0 aliphatic heterocycles. The summed E-state index contributed by atoms with van der Waals surface area (Å²) in [5.41, 5.74) is 3.01.